The van der Waals surface area contributed by atoms with E-state index in [1.54, 1.807) is 0 Å². The highest BCUT2D eigenvalue weighted by Crippen LogP contribution is 2.40. The minimum atomic E-state index is 1.11. The second kappa shape index (κ2) is 11.3. The highest BCUT2D eigenvalue weighted by Gasteiger charge is 2.18. The molecule has 0 aliphatic rings. The van der Waals surface area contributed by atoms with Gasteiger partial charge in [0, 0.05) is 33.5 Å². The van der Waals surface area contributed by atoms with Crippen molar-refractivity contribution in [2.24, 2.45) is 0 Å². The molecule has 1 aromatic heterocycles. The predicted octanol–water partition coefficient (Wildman–Crippen LogP) is 11.9. The number of aromatic nitrogens is 1. The smallest absolute Gasteiger partial charge is 0.0541 e. The second-order valence-corrected chi connectivity index (χ2v) is 11.5. The van der Waals surface area contributed by atoms with Crippen LogP contribution in [0.3, 0.4) is 0 Å². The van der Waals surface area contributed by atoms with E-state index in [-0.39, 0.29) is 0 Å². The van der Waals surface area contributed by atoms with Gasteiger partial charge in [-0.15, -0.1) is 0 Å². The number of nitrogens with zero attached hydrogens (tertiary/aromatic N) is 2. The summed E-state index contributed by atoms with van der Waals surface area (Å²) in [5.41, 5.74) is 13.0. The highest BCUT2D eigenvalue weighted by atomic mass is 15.1. The molecule has 1 heterocycles. The summed E-state index contributed by atoms with van der Waals surface area (Å²) >= 11 is 0. The van der Waals surface area contributed by atoms with Crippen molar-refractivity contribution in [3.63, 3.8) is 0 Å². The van der Waals surface area contributed by atoms with Crippen molar-refractivity contribution >= 4 is 38.9 Å². The number of rotatable bonds is 6. The van der Waals surface area contributed by atoms with Crippen LogP contribution in [0.2, 0.25) is 0 Å². The molecule has 0 aliphatic carbocycles. The fraction of sp³-hybridized carbons (Fsp3) is 0.0233. The molecule has 8 rings (SSSR count). The Morgan fingerprint density at radius 1 is 0.400 bits per heavy atom. The molecular weight excluding hydrogens is 544 g/mol. The zero-order valence-corrected chi connectivity index (χ0v) is 25.1. The van der Waals surface area contributed by atoms with Gasteiger partial charge in [0.05, 0.1) is 11.0 Å². The minimum Gasteiger partial charge on any atom is -0.310 e. The Morgan fingerprint density at radius 3 is 1.69 bits per heavy atom. The van der Waals surface area contributed by atoms with Gasteiger partial charge in [-0.2, -0.15) is 0 Å². The maximum Gasteiger partial charge on any atom is 0.0541 e. The van der Waals surface area contributed by atoms with E-state index in [1.165, 1.54) is 49.6 Å². The van der Waals surface area contributed by atoms with Crippen LogP contribution in [-0.4, -0.2) is 4.57 Å². The van der Waals surface area contributed by atoms with Crippen molar-refractivity contribution in [2.45, 2.75) is 6.92 Å². The van der Waals surface area contributed by atoms with Crippen LogP contribution in [0.15, 0.2) is 176 Å². The lowest BCUT2D eigenvalue weighted by molar-refractivity contribution is 1.17. The standard InChI is InChI=1S/C43H32N2/c1-31-28-34(32-14-5-2-6-15-32)24-26-41(31)44(36-18-9-4-10-19-36)37-20-13-21-38(30-37)45-42-23-12-11-22-39(42)40-29-35(25-27-43(40)45)33-16-7-3-8-17-33/h2-30H,1H3. The molecule has 0 atom stereocenters. The SMILES string of the molecule is Cc1cc(-c2ccccc2)ccc1N(c1ccccc1)c1cccc(-n2c3ccccc3c3cc(-c4ccccc4)ccc32)c1. The molecule has 0 amide bonds. The fourth-order valence-electron chi connectivity index (χ4n) is 6.55. The Kier molecular flexibility index (Phi) is 6.73. The van der Waals surface area contributed by atoms with Crippen LogP contribution >= 0.6 is 0 Å². The van der Waals surface area contributed by atoms with Crippen molar-refractivity contribution in [3.8, 4) is 27.9 Å². The first-order chi connectivity index (χ1) is 22.2. The zero-order valence-electron chi connectivity index (χ0n) is 25.1. The normalized spacial score (nSPS) is 11.2. The molecule has 0 spiro atoms. The lowest BCUT2D eigenvalue weighted by atomic mass is 10.0. The Morgan fingerprint density at radius 2 is 0.978 bits per heavy atom. The Balaban J connectivity index is 1.29. The van der Waals surface area contributed by atoms with Gasteiger partial charge in [-0.3, -0.25) is 0 Å². The molecule has 0 aliphatic heterocycles. The van der Waals surface area contributed by atoms with Crippen LogP contribution in [0.25, 0.3) is 49.7 Å². The molecule has 0 fully saturated rings. The lowest BCUT2D eigenvalue weighted by Gasteiger charge is -2.28. The van der Waals surface area contributed by atoms with E-state index in [9.17, 15) is 0 Å². The quantitative estimate of drug-likeness (QED) is 0.191. The number of benzene rings is 7. The number of hydrogen-bond donors (Lipinski definition) is 0. The highest BCUT2D eigenvalue weighted by molar-refractivity contribution is 6.10. The largest absolute Gasteiger partial charge is 0.310 e. The van der Waals surface area contributed by atoms with Crippen LogP contribution in [0.4, 0.5) is 17.1 Å². The Bertz CT molecular complexity index is 2270. The van der Waals surface area contributed by atoms with E-state index in [0.717, 1.165) is 22.7 Å². The van der Waals surface area contributed by atoms with E-state index in [2.05, 4.69) is 192 Å². The summed E-state index contributed by atoms with van der Waals surface area (Å²) in [6.07, 6.45) is 0. The van der Waals surface area contributed by atoms with Gasteiger partial charge >= 0.3 is 0 Å². The topological polar surface area (TPSA) is 8.17 Å². The third kappa shape index (κ3) is 4.87. The van der Waals surface area contributed by atoms with E-state index in [0.29, 0.717) is 0 Å². The van der Waals surface area contributed by atoms with Crippen LogP contribution < -0.4 is 4.90 Å². The van der Waals surface area contributed by atoms with Gasteiger partial charge in [0.15, 0.2) is 0 Å². The van der Waals surface area contributed by atoms with Crippen molar-refractivity contribution in [1.29, 1.82) is 0 Å². The van der Waals surface area contributed by atoms with E-state index >= 15 is 0 Å². The number of anilines is 3. The number of para-hydroxylation sites is 2. The maximum atomic E-state index is 2.40. The summed E-state index contributed by atoms with van der Waals surface area (Å²) in [5.74, 6) is 0. The summed E-state index contributed by atoms with van der Waals surface area (Å²) in [4.78, 5) is 2.37. The monoisotopic (exact) mass is 576 g/mol. The van der Waals surface area contributed by atoms with Crippen LogP contribution in [-0.2, 0) is 0 Å². The zero-order chi connectivity index (χ0) is 30.2. The first kappa shape index (κ1) is 26.7. The molecule has 214 valence electrons. The number of fused-ring (bicyclic) bond motifs is 3. The summed E-state index contributed by atoms with van der Waals surface area (Å²) in [6, 6.07) is 63.1. The van der Waals surface area contributed by atoms with Gasteiger partial charge in [-0.25, -0.2) is 0 Å². The third-order valence-electron chi connectivity index (χ3n) is 8.69. The number of aryl methyl sites for hydroxylation is 1. The van der Waals surface area contributed by atoms with E-state index in [1.807, 2.05) is 0 Å². The molecule has 0 radical (unpaired) electrons. The Labute approximate surface area is 264 Å². The third-order valence-corrected chi connectivity index (χ3v) is 8.69. The van der Waals surface area contributed by atoms with Gasteiger partial charge in [0.25, 0.3) is 0 Å². The molecule has 2 heteroatoms. The van der Waals surface area contributed by atoms with Crippen LogP contribution in [0.5, 0.6) is 0 Å². The molecule has 2 nitrogen and oxygen atoms in total. The van der Waals surface area contributed by atoms with Crippen LogP contribution in [0.1, 0.15) is 5.56 Å². The minimum absolute atomic E-state index is 1.11. The molecule has 0 saturated heterocycles. The molecule has 0 unspecified atom stereocenters. The molecule has 8 aromatic rings. The van der Waals surface area contributed by atoms with Crippen LogP contribution in [0, 0.1) is 6.92 Å². The van der Waals surface area contributed by atoms with E-state index in [4.69, 9.17) is 0 Å². The van der Waals surface area contributed by atoms with Crippen molar-refractivity contribution in [1.82, 2.24) is 4.57 Å². The fourth-order valence-corrected chi connectivity index (χ4v) is 6.55. The second-order valence-electron chi connectivity index (χ2n) is 11.5. The molecular formula is C43H32N2. The maximum absolute atomic E-state index is 2.40. The van der Waals surface area contributed by atoms with Gasteiger partial charge < -0.3 is 9.47 Å². The van der Waals surface area contributed by atoms with Crippen molar-refractivity contribution in [3.05, 3.63) is 181 Å². The molecule has 0 saturated carbocycles. The van der Waals surface area contributed by atoms with Gasteiger partial charge in [0.2, 0.25) is 0 Å². The molecule has 0 bridgehead atoms. The number of hydrogen-bond acceptors (Lipinski definition) is 1. The first-order valence-corrected chi connectivity index (χ1v) is 15.4. The summed E-state index contributed by atoms with van der Waals surface area (Å²) < 4.78 is 2.40. The summed E-state index contributed by atoms with van der Waals surface area (Å²) in [7, 11) is 0. The van der Waals surface area contributed by atoms with Crippen molar-refractivity contribution in [2.75, 3.05) is 4.90 Å². The summed E-state index contributed by atoms with van der Waals surface area (Å²) in [5, 5.41) is 2.51. The lowest BCUT2D eigenvalue weighted by Crippen LogP contribution is -2.12. The van der Waals surface area contributed by atoms with Gasteiger partial charge in [0.1, 0.15) is 0 Å². The van der Waals surface area contributed by atoms with Gasteiger partial charge in [-0.1, -0.05) is 115 Å². The molecule has 45 heavy (non-hydrogen) atoms. The first-order valence-electron chi connectivity index (χ1n) is 15.4. The molecule has 7 aromatic carbocycles. The summed E-state index contributed by atoms with van der Waals surface area (Å²) in [6.45, 7) is 2.21. The average molecular weight is 577 g/mol. The Hall–Kier alpha value is -5.86. The van der Waals surface area contributed by atoms with Gasteiger partial charge in [-0.05, 0) is 95.4 Å². The van der Waals surface area contributed by atoms with Crippen molar-refractivity contribution < 1.29 is 0 Å². The van der Waals surface area contributed by atoms with E-state index < -0.39 is 0 Å². The average Bonchev–Trinajstić information content (AvgIpc) is 3.44. The molecule has 0 N–H and O–H groups in total. The predicted molar refractivity (Wildman–Crippen MR) is 191 cm³/mol.